The van der Waals surface area contributed by atoms with Crippen molar-refractivity contribution < 1.29 is 4.79 Å². The van der Waals surface area contributed by atoms with E-state index in [1.54, 1.807) is 11.1 Å². The molecule has 3 heterocycles. The summed E-state index contributed by atoms with van der Waals surface area (Å²) in [6, 6.07) is 8.01. The van der Waals surface area contributed by atoms with E-state index in [4.69, 9.17) is 11.5 Å². The van der Waals surface area contributed by atoms with Crippen molar-refractivity contribution in [3.05, 3.63) is 65.1 Å². The van der Waals surface area contributed by atoms with Crippen LogP contribution in [0.5, 0.6) is 0 Å². The van der Waals surface area contributed by atoms with E-state index in [9.17, 15) is 4.79 Å². The highest BCUT2D eigenvalue weighted by Crippen LogP contribution is 2.25. The highest BCUT2D eigenvalue weighted by atomic mass is 16.2. The lowest BCUT2D eigenvalue weighted by molar-refractivity contribution is 0.243. The first-order valence-electron chi connectivity index (χ1n) is 9.82. The normalized spacial score (nSPS) is 23.1. The number of aliphatic imine (C=N–C) groups is 1. The second-order valence-electron chi connectivity index (χ2n) is 7.68. The number of nitrogens with zero attached hydrogens (tertiary/aromatic N) is 3. The number of guanidine groups is 1. The number of urea groups is 1. The van der Waals surface area contributed by atoms with Gasteiger partial charge in [0.05, 0.1) is 5.69 Å². The third kappa shape index (κ3) is 4.43. The number of carbonyl (C=O) groups is 1. The molecule has 0 aromatic heterocycles. The summed E-state index contributed by atoms with van der Waals surface area (Å²) in [6.07, 6.45) is 7.72. The Morgan fingerprint density at radius 2 is 2.07 bits per heavy atom. The number of hydrogen-bond donors (Lipinski definition) is 4. The topological polar surface area (TPSA) is 112 Å². The van der Waals surface area contributed by atoms with Gasteiger partial charge in [-0.1, -0.05) is 12.1 Å². The average Bonchev–Trinajstić information content (AvgIpc) is 3.05. The molecular formula is C21H27N7O. The second-order valence-corrected chi connectivity index (χ2v) is 7.68. The summed E-state index contributed by atoms with van der Waals surface area (Å²) in [4.78, 5) is 20.5. The molecule has 152 valence electrons. The number of carbonyl (C=O) groups excluding carboxylic acids is 1. The van der Waals surface area contributed by atoms with Crippen LogP contribution >= 0.6 is 0 Å². The molecule has 1 aromatic rings. The predicted octanol–water partition coefficient (Wildman–Crippen LogP) is 1.69. The second kappa shape index (κ2) is 8.00. The summed E-state index contributed by atoms with van der Waals surface area (Å²) in [6.45, 7) is 4.74. The van der Waals surface area contributed by atoms with E-state index < -0.39 is 0 Å². The number of anilines is 1. The van der Waals surface area contributed by atoms with Gasteiger partial charge < -0.3 is 22.1 Å². The van der Waals surface area contributed by atoms with E-state index in [1.165, 1.54) is 11.1 Å². The fourth-order valence-electron chi connectivity index (χ4n) is 3.91. The Balaban J connectivity index is 1.42. The van der Waals surface area contributed by atoms with Gasteiger partial charge in [0.25, 0.3) is 0 Å². The van der Waals surface area contributed by atoms with Gasteiger partial charge in [-0.05, 0) is 55.7 Å². The standard InChI is InChI=1S/C21H27N7O/c1-14-9-17-13-28(21(29)26-19(17)25-14)18-6-4-15(5-7-18)11-27-8-2-3-16(12-27)10-24-20(22)23/h4-7,9-10,13,19,25H,2-3,8,11-12H2,1H3,(H,26,29)(H4,22,23,24)/b16-10+. The van der Waals surface area contributed by atoms with E-state index in [-0.39, 0.29) is 18.2 Å². The molecule has 8 nitrogen and oxygen atoms in total. The molecule has 6 N–H and O–H groups in total. The van der Waals surface area contributed by atoms with Crippen molar-refractivity contribution in [2.24, 2.45) is 16.5 Å². The molecular weight excluding hydrogens is 366 g/mol. The van der Waals surface area contributed by atoms with Crippen molar-refractivity contribution in [1.82, 2.24) is 15.5 Å². The number of hydrogen-bond acceptors (Lipinski definition) is 4. The molecule has 8 heteroatoms. The molecule has 1 unspecified atom stereocenters. The SMILES string of the molecule is CC1=CC2=CN(c3ccc(CN4CCC/C(=C\N=C(N)N)C4)cc3)C(=O)NC2N1. The molecule has 0 bridgehead atoms. The Bertz CT molecular complexity index is 909. The number of fused-ring (bicyclic) bond motifs is 1. The van der Waals surface area contributed by atoms with Gasteiger partial charge in [0, 0.05) is 36.8 Å². The van der Waals surface area contributed by atoms with Crippen LogP contribution in [0.2, 0.25) is 0 Å². The lowest BCUT2D eigenvalue weighted by Crippen LogP contribution is -2.51. The lowest BCUT2D eigenvalue weighted by atomic mass is 10.0. The number of likely N-dealkylation sites (tertiary alicyclic amines) is 1. The molecule has 3 aliphatic rings. The molecule has 0 radical (unpaired) electrons. The lowest BCUT2D eigenvalue weighted by Gasteiger charge is -2.30. The van der Waals surface area contributed by atoms with E-state index in [0.717, 1.165) is 49.4 Å². The van der Waals surface area contributed by atoms with Crippen LogP contribution < -0.4 is 27.0 Å². The number of rotatable bonds is 4. The molecule has 1 saturated heterocycles. The van der Waals surface area contributed by atoms with Crippen molar-refractivity contribution in [3.8, 4) is 0 Å². The van der Waals surface area contributed by atoms with Gasteiger partial charge >= 0.3 is 6.03 Å². The molecule has 1 aromatic carbocycles. The highest BCUT2D eigenvalue weighted by Gasteiger charge is 2.29. The summed E-state index contributed by atoms with van der Waals surface area (Å²) in [5.74, 6) is 0.0901. The Hall–Kier alpha value is -3.26. The number of nitrogens with one attached hydrogen (secondary N) is 2. The van der Waals surface area contributed by atoms with E-state index in [2.05, 4.69) is 38.7 Å². The number of amides is 2. The molecule has 4 rings (SSSR count). The van der Waals surface area contributed by atoms with Crippen LogP contribution in [-0.4, -0.2) is 36.1 Å². The van der Waals surface area contributed by atoms with Crippen LogP contribution in [0, 0.1) is 0 Å². The Labute approximate surface area is 170 Å². The maximum absolute atomic E-state index is 12.5. The van der Waals surface area contributed by atoms with Crippen molar-refractivity contribution in [2.45, 2.75) is 32.5 Å². The quantitative estimate of drug-likeness (QED) is 0.459. The number of nitrogens with two attached hydrogens (primary N) is 2. The summed E-state index contributed by atoms with van der Waals surface area (Å²) >= 11 is 0. The minimum atomic E-state index is -0.132. The molecule has 3 aliphatic heterocycles. The van der Waals surface area contributed by atoms with Crippen LogP contribution in [0.15, 0.2) is 64.6 Å². The van der Waals surface area contributed by atoms with E-state index >= 15 is 0 Å². The summed E-state index contributed by atoms with van der Waals surface area (Å²) in [7, 11) is 0. The first-order valence-corrected chi connectivity index (χ1v) is 9.82. The summed E-state index contributed by atoms with van der Waals surface area (Å²) in [5, 5.41) is 6.21. The molecule has 1 atom stereocenters. The van der Waals surface area contributed by atoms with Crippen LogP contribution in [0.25, 0.3) is 0 Å². The summed E-state index contributed by atoms with van der Waals surface area (Å²) < 4.78 is 0. The van der Waals surface area contributed by atoms with Gasteiger partial charge in [-0.25, -0.2) is 9.79 Å². The van der Waals surface area contributed by atoms with Crippen LogP contribution in [0.3, 0.4) is 0 Å². The predicted molar refractivity (Wildman–Crippen MR) is 115 cm³/mol. The summed E-state index contributed by atoms with van der Waals surface area (Å²) in [5.41, 5.74) is 16.2. The third-order valence-corrected chi connectivity index (χ3v) is 5.27. The Kier molecular flexibility index (Phi) is 5.26. The molecule has 29 heavy (non-hydrogen) atoms. The molecule has 0 spiro atoms. The highest BCUT2D eigenvalue weighted by molar-refractivity contribution is 5.96. The minimum Gasteiger partial charge on any atom is -0.370 e. The van der Waals surface area contributed by atoms with Crippen LogP contribution in [-0.2, 0) is 6.54 Å². The van der Waals surface area contributed by atoms with Gasteiger partial charge in [0.2, 0.25) is 0 Å². The van der Waals surface area contributed by atoms with Crippen LogP contribution in [0.4, 0.5) is 10.5 Å². The maximum atomic E-state index is 12.5. The minimum absolute atomic E-state index is 0.0901. The first-order chi connectivity index (χ1) is 14.0. The van der Waals surface area contributed by atoms with Crippen molar-refractivity contribution in [1.29, 1.82) is 0 Å². The number of piperidine rings is 1. The number of benzene rings is 1. The van der Waals surface area contributed by atoms with Gasteiger partial charge in [-0.2, -0.15) is 0 Å². The molecule has 0 saturated carbocycles. The van der Waals surface area contributed by atoms with Gasteiger partial charge in [-0.3, -0.25) is 9.80 Å². The molecule has 2 amide bonds. The van der Waals surface area contributed by atoms with Gasteiger partial charge in [-0.15, -0.1) is 0 Å². The van der Waals surface area contributed by atoms with Crippen molar-refractivity contribution in [3.63, 3.8) is 0 Å². The van der Waals surface area contributed by atoms with Crippen molar-refractivity contribution >= 4 is 17.7 Å². The zero-order chi connectivity index (χ0) is 20.4. The van der Waals surface area contributed by atoms with Gasteiger partial charge in [0.1, 0.15) is 6.17 Å². The molecule has 0 aliphatic carbocycles. The Morgan fingerprint density at radius 3 is 2.83 bits per heavy atom. The zero-order valence-electron chi connectivity index (χ0n) is 16.6. The smallest absolute Gasteiger partial charge is 0.327 e. The largest absolute Gasteiger partial charge is 0.370 e. The first kappa shape index (κ1) is 19.1. The fourth-order valence-corrected chi connectivity index (χ4v) is 3.91. The van der Waals surface area contributed by atoms with Crippen LogP contribution in [0.1, 0.15) is 25.3 Å². The van der Waals surface area contributed by atoms with E-state index in [0.29, 0.717) is 0 Å². The zero-order valence-corrected chi connectivity index (χ0v) is 16.6. The Morgan fingerprint density at radius 1 is 1.28 bits per heavy atom. The fraction of sp³-hybridized carbons (Fsp3) is 0.333. The van der Waals surface area contributed by atoms with E-state index in [1.807, 2.05) is 25.3 Å². The molecule has 1 fully saturated rings. The van der Waals surface area contributed by atoms with Gasteiger partial charge in [0.15, 0.2) is 5.96 Å². The average molecular weight is 393 g/mol. The van der Waals surface area contributed by atoms with Crippen molar-refractivity contribution in [2.75, 3.05) is 18.0 Å². The third-order valence-electron chi connectivity index (χ3n) is 5.27. The number of allylic oxidation sites excluding steroid dienone is 1. The monoisotopic (exact) mass is 393 g/mol. The maximum Gasteiger partial charge on any atom is 0.327 e.